The van der Waals surface area contributed by atoms with E-state index in [9.17, 15) is 19.2 Å². The van der Waals surface area contributed by atoms with Gasteiger partial charge in [0, 0.05) is 29.1 Å². The summed E-state index contributed by atoms with van der Waals surface area (Å²) in [7, 11) is 0. The van der Waals surface area contributed by atoms with Crippen molar-refractivity contribution in [3.05, 3.63) is 142 Å². The summed E-state index contributed by atoms with van der Waals surface area (Å²) in [6.07, 6.45) is 0. The van der Waals surface area contributed by atoms with Crippen molar-refractivity contribution in [2.24, 2.45) is 0 Å². The molecule has 50 heavy (non-hydrogen) atoms. The molecule has 0 fully saturated rings. The number of benzene rings is 4. The first-order valence-electron chi connectivity index (χ1n) is 14.1. The van der Waals surface area contributed by atoms with Gasteiger partial charge in [0.25, 0.3) is 5.24 Å². The number of alkyl halides is 7. The Labute approximate surface area is 330 Å². The highest BCUT2D eigenvalue weighted by atomic mass is 35.5. The predicted molar refractivity (Wildman–Crippen MR) is 203 cm³/mol. The minimum Gasteiger partial charge on any atom is -0.446 e. The van der Waals surface area contributed by atoms with Gasteiger partial charge in [-0.15, -0.1) is 69.6 Å². The Morgan fingerprint density at radius 2 is 0.720 bits per heavy atom. The van der Waals surface area contributed by atoms with Crippen LogP contribution in [-0.4, -0.2) is 41.3 Å². The SMILES string of the molecule is ClCCl.O=C(Cl)c1cccc(CCl)c1.O=C(OCCl)c1cccc(CCl)c1.O=C(OCOC(=O)c1cccc(CCl)c1)c1cccc(CCl)c1. The molecule has 0 bridgehead atoms. The predicted octanol–water partition coefficient (Wildman–Crippen LogP) is 11.1. The van der Waals surface area contributed by atoms with Crippen LogP contribution in [0.15, 0.2) is 97.1 Å². The van der Waals surface area contributed by atoms with Crippen LogP contribution in [-0.2, 0) is 37.7 Å². The molecule has 4 rings (SSSR count). The van der Waals surface area contributed by atoms with Crippen molar-refractivity contribution in [3.8, 4) is 0 Å². The minimum absolute atomic E-state index is 0.135. The first-order valence-corrected chi connectivity index (χ1v) is 18.2. The molecule has 0 saturated carbocycles. The van der Waals surface area contributed by atoms with E-state index in [1.807, 2.05) is 12.1 Å². The van der Waals surface area contributed by atoms with Crippen LogP contribution in [0, 0.1) is 0 Å². The molecule has 0 unspecified atom stereocenters. The van der Waals surface area contributed by atoms with E-state index in [1.165, 1.54) is 0 Å². The number of ether oxygens (including phenoxy) is 3. The summed E-state index contributed by atoms with van der Waals surface area (Å²) >= 11 is 42.6. The molecule has 0 saturated heterocycles. The lowest BCUT2D eigenvalue weighted by molar-refractivity contribution is -0.0167. The molecule has 0 atom stereocenters. The highest BCUT2D eigenvalue weighted by molar-refractivity contribution is 6.67. The van der Waals surface area contributed by atoms with Gasteiger partial charge in [-0.3, -0.25) is 4.79 Å². The zero-order chi connectivity index (χ0) is 37.3. The molecule has 0 aromatic heterocycles. The van der Waals surface area contributed by atoms with E-state index >= 15 is 0 Å². The fraction of sp³-hybridized carbons (Fsp3) is 0.200. The van der Waals surface area contributed by atoms with Crippen molar-refractivity contribution in [1.29, 1.82) is 0 Å². The smallest absolute Gasteiger partial charge is 0.341 e. The van der Waals surface area contributed by atoms with Crippen LogP contribution in [0.4, 0.5) is 0 Å². The van der Waals surface area contributed by atoms with E-state index in [0.29, 0.717) is 45.8 Å². The summed E-state index contributed by atoms with van der Waals surface area (Å²) in [6, 6.07) is 27.2. The van der Waals surface area contributed by atoms with Crippen LogP contribution in [0.25, 0.3) is 0 Å². The third-order valence-electron chi connectivity index (χ3n) is 5.82. The van der Waals surface area contributed by atoms with Crippen molar-refractivity contribution in [2.75, 3.05) is 18.2 Å². The zero-order valence-electron chi connectivity index (χ0n) is 26.1. The topological polar surface area (TPSA) is 96.0 Å². The molecule has 268 valence electrons. The molecule has 0 amide bonds. The maximum Gasteiger partial charge on any atom is 0.341 e. The lowest BCUT2D eigenvalue weighted by Gasteiger charge is -2.07. The van der Waals surface area contributed by atoms with Crippen molar-refractivity contribution in [1.82, 2.24) is 0 Å². The lowest BCUT2D eigenvalue weighted by Crippen LogP contribution is -2.13. The normalized spacial score (nSPS) is 9.68. The number of hydrogen-bond acceptors (Lipinski definition) is 7. The summed E-state index contributed by atoms with van der Waals surface area (Å²) in [5.41, 5.74) is 5.05. The standard InChI is InChI=1S/C17H14Cl2O4.C9H8Cl2O2.C8H6Cl2O.CH2Cl2/c18-9-12-3-1-5-14(7-12)16(20)22-11-23-17(21)15-6-2-4-13(8-15)10-19;10-5-7-2-1-3-8(4-7)9(12)13-6-11;9-5-6-2-1-3-7(4-6)8(10)11;2-1-3/h1-8H,9-11H2;1-4H,5-6H2;1-4H,5H2;1H2. The van der Waals surface area contributed by atoms with Gasteiger partial charge in [0.05, 0.1) is 22.0 Å². The largest absolute Gasteiger partial charge is 0.446 e. The highest BCUT2D eigenvalue weighted by Gasteiger charge is 2.11. The second-order valence-corrected chi connectivity index (χ2v) is 11.7. The third kappa shape index (κ3) is 18.0. The van der Waals surface area contributed by atoms with E-state index in [4.69, 9.17) is 102 Å². The van der Waals surface area contributed by atoms with Crippen molar-refractivity contribution in [2.45, 2.75) is 23.5 Å². The Morgan fingerprint density at radius 3 is 1.00 bits per heavy atom. The molecule has 0 aliphatic heterocycles. The van der Waals surface area contributed by atoms with Crippen LogP contribution in [0.1, 0.15) is 63.7 Å². The van der Waals surface area contributed by atoms with Gasteiger partial charge in [0.2, 0.25) is 6.79 Å². The molecule has 4 aromatic carbocycles. The fourth-order valence-electron chi connectivity index (χ4n) is 3.56. The van der Waals surface area contributed by atoms with Gasteiger partial charge in [-0.05, 0) is 76.3 Å². The first kappa shape index (κ1) is 45.3. The lowest BCUT2D eigenvalue weighted by atomic mass is 10.1. The second-order valence-electron chi connectivity index (χ2n) is 9.23. The summed E-state index contributed by atoms with van der Waals surface area (Å²) in [5, 5.41) is -0.253. The Morgan fingerprint density at radius 1 is 0.440 bits per heavy atom. The van der Waals surface area contributed by atoms with Gasteiger partial charge in [-0.25, -0.2) is 14.4 Å². The monoisotopic (exact) mass is 842 g/mol. The number of carbonyl (C=O) groups excluding carboxylic acids is 4. The van der Waals surface area contributed by atoms with Crippen LogP contribution in [0.2, 0.25) is 0 Å². The van der Waals surface area contributed by atoms with E-state index in [1.54, 1.807) is 84.9 Å². The molecule has 0 aliphatic rings. The molecule has 0 heterocycles. The Balaban J connectivity index is 0.000000391. The number of carbonyl (C=O) groups is 4. The molecule has 0 N–H and O–H groups in total. The first-order chi connectivity index (χ1) is 24.1. The maximum atomic E-state index is 11.9. The third-order valence-corrected chi connectivity index (χ3v) is 7.39. The maximum absolute atomic E-state index is 11.9. The molecule has 7 nitrogen and oxygen atoms in total. The highest BCUT2D eigenvalue weighted by Crippen LogP contribution is 2.12. The van der Waals surface area contributed by atoms with Crippen molar-refractivity contribution in [3.63, 3.8) is 0 Å². The molecular weight excluding hydrogens is 816 g/mol. The molecular formula is C35H30Cl8O7. The molecule has 0 spiro atoms. The summed E-state index contributed by atoms with van der Waals surface area (Å²) in [5.74, 6) is -0.222. The van der Waals surface area contributed by atoms with E-state index in [2.05, 4.69) is 4.74 Å². The van der Waals surface area contributed by atoms with Gasteiger partial charge in [-0.2, -0.15) is 0 Å². The molecule has 0 radical (unpaired) electrons. The summed E-state index contributed by atoms with van der Waals surface area (Å²) in [6.45, 7) is -0.464. The zero-order valence-corrected chi connectivity index (χ0v) is 32.1. The summed E-state index contributed by atoms with van der Waals surface area (Å²) in [4.78, 5) is 45.5. The summed E-state index contributed by atoms with van der Waals surface area (Å²) < 4.78 is 14.5. The van der Waals surface area contributed by atoms with Crippen LogP contribution in [0.3, 0.4) is 0 Å². The Hall–Kier alpha value is -2.72. The minimum atomic E-state index is -0.584. The van der Waals surface area contributed by atoms with E-state index < -0.39 is 29.9 Å². The number of hydrogen-bond donors (Lipinski definition) is 0. The van der Waals surface area contributed by atoms with Crippen LogP contribution >= 0.6 is 92.8 Å². The molecule has 4 aromatic rings. The van der Waals surface area contributed by atoms with Gasteiger partial charge in [-0.1, -0.05) is 66.2 Å². The fourth-order valence-corrected chi connectivity index (χ4v) is 4.44. The second kappa shape index (κ2) is 27.0. The molecule has 15 heteroatoms. The average molecular weight is 846 g/mol. The van der Waals surface area contributed by atoms with Gasteiger partial charge in [0.15, 0.2) is 6.07 Å². The molecule has 0 aliphatic carbocycles. The number of rotatable bonds is 11. The van der Waals surface area contributed by atoms with Gasteiger partial charge >= 0.3 is 17.9 Å². The van der Waals surface area contributed by atoms with E-state index in [0.717, 1.165) is 22.3 Å². The van der Waals surface area contributed by atoms with Crippen LogP contribution in [0.5, 0.6) is 0 Å². The number of esters is 3. The Kier molecular flexibility index (Phi) is 24.5. The van der Waals surface area contributed by atoms with Gasteiger partial charge in [0.1, 0.15) is 0 Å². The Bertz CT molecular complexity index is 1590. The van der Waals surface area contributed by atoms with Crippen molar-refractivity contribution < 1.29 is 33.4 Å². The number of halogens is 8. The van der Waals surface area contributed by atoms with E-state index in [-0.39, 0.29) is 11.4 Å². The van der Waals surface area contributed by atoms with Crippen molar-refractivity contribution >= 4 is 116 Å². The quantitative estimate of drug-likeness (QED) is 0.0642. The van der Waals surface area contributed by atoms with Gasteiger partial charge < -0.3 is 14.2 Å². The average Bonchev–Trinajstić information content (AvgIpc) is 3.15. The van der Waals surface area contributed by atoms with Crippen LogP contribution < -0.4 is 0 Å².